The SMILES string of the molecule is CCCC(=O)Nc1ccc(-c2csc(NC(=O)c3cc(C)oc3C)n2)cc1. The molecule has 3 aromatic rings. The molecule has 0 aliphatic carbocycles. The van der Waals surface area contributed by atoms with Crippen molar-refractivity contribution in [2.24, 2.45) is 0 Å². The van der Waals surface area contributed by atoms with Gasteiger partial charge in [0.1, 0.15) is 11.5 Å². The number of benzene rings is 1. The summed E-state index contributed by atoms with van der Waals surface area (Å²) in [5.74, 6) is 1.05. The molecule has 0 fully saturated rings. The van der Waals surface area contributed by atoms with E-state index in [1.165, 1.54) is 11.3 Å². The van der Waals surface area contributed by atoms with Crippen molar-refractivity contribution in [2.45, 2.75) is 33.6 Å². The minimum absolute atomic E-state index is 0.00804. The molecule has 0 atom stereocenters. The summed E-state index contributed by atoms with van der Waals surface area (Å²) < 4.78 is 5.39. The molecule has 0 saturated heterocycles. The van der Waals surface area contributed by atoms with Crippen LogP contribution in [0.4, 0.5) is 10.8 Å². The first kappa shape index (κ1) is 18.8. The molecular formula is C20H21N3O3S. The third-order valence-electron chi connectivity index (χ3n) is 3.95. The molecule has 0 unspecified atom stereocenters. The van der Waals surface area contributed by atoms with E-state index in [1.54, 1.807) is 19.9 Å². The zero-order valence-corrected chi connectivity index (χ0v) is 16.3. The lowest BCUT2D eigenvalue weighted by atomic mass is 10.1. The number of amides is 2. The summed E-state index contributed by atoms with van der Waals surface area (Å²) in [4.78, 5) is 28.5. The molecular weight excluding hydrogens is 362 g/mol. The molecule has 0 bridgehead atoms. The summed E-state index contributed by atoms with van der Waals surface area (Å²) in [5, 5.41) is 8.07. The van der Waals surface area contributed by atoms with Gasteiger partial charge in [0.2, 0.25) is 5.91 Å². The van der Waals surface area contributed by atoms with E-state index in [0.29, 0.717) is 28.6 Å². The van der Waals surface area contributed by atoms with Crippen LogP contribution in [-0.2, 0) is 4.79 Å². The topological polar surface area (TPSA) is 84.2 Å². The first-order chi connectivity index (χ1) is 13.0. The number of nitrogens with one attached hydrogen (secondary N) is 2. The summed E-state index contributed by atoms with van der Waals surface area (Å²) >= 11 is 1.36. The van der Waals surface area contributed by atoms with E-state index in [4.69, 9.17) is 4.42 Å². The van der Waals surface area contributed by atoms with Gasteiger partial charge in [0.15, 0.2) is 5.13 Å². The number of aryl methyl sites for hydroxylation is 2. The zero-order valence-electron chi connectivity index (χ0n) is 15.5. The summed E-state index contributed by atoms with van der Waals surface area (Å²) in [7, 11) is 0. The molecule has 0 aliphatic rings. The lowest BCUT2D eigenvalue weighted by molar-refractivity contribution is -0.116. The first-order valence-corrected chi connectivity index (χ1v) is 9.58. The van der Waals surface area contributed by atoms with Gasteiger partial charge in [0.25, 0.3) is 5.91 Å². The summed E-state index contributed by atoms with van der Waals surface area (Å²) in [6.45, 7) is 5.53. The zero-order chi connectivity index (χ0) is 19.4. The number of carbonyl (C=O) groups excluding carboxylic acids is 2. The Kier molecular flexibility index (Phi) is 5.71. The molecule has 0 aliphatic heterocycles. The second kappa shape index (κ2) is 8.18. The second-order valence-corrected chi connectivity index (χ2v) is 7.05. The number of aromatic nitrogens is 1. The molecule has 2 aromatic heterocycles. The number of rotatable bonds is 6. The van der Waals surface area contributed by atoms with Gasteiger partial charge in [-0.1, -0.05) is 19.1 Å². The van der Waals surface area contributed by atoms with Gasteiger partial charge >= 0.3 is 0 Å². The predicted octanol–water partition coefficient (Wildman–Crippen LogP) is 5.01. The van der Waals surface area contributed by atoms with E-state index >= 15 is 0 Å². The number of hydrogen-bond donors (Lipinski definition) is 2. The molecule has 3 rings (SSSR count). The number of thiazole rings is 1. The van der Waals surface area contributed by atoms with Crippen molar-refractivity contribution < 1.29 is 14.0 Å². The van der Waals surface area contributed by atoms with E-state index < -0.39 is 0 Å². The average Bonchev–Trinajstić information content (AvgIpc) is 3.22. The van der Waals surface area contributed by atoms with Crippen LogP contribution in [0.5, 0.6) is 0 Å². The Morgan fingerprint density at radius 2 is 1.89 bits per heavy atom. The summed E-state index contributed by atoms with van der Waals surface area (Å²) in [5.41, 5.74) is 2.94. The van der Waals surface area contributed by atoms with Crippen molar-refractivity contribution in [1.29, 1.82) is 0 Å². The first-order valence-electron chi connectivity index (χ1n) is 8.70. The maximum absolute atomic E-state index is 12.3. The van der Waals surface area contributed by atoms with Crippen molar-refractivity contribution in [2.75, 3.05) is 10.6 Å². The highest BCUT2D eigenvalue weighted by Gasteiger charge is 2.15. The Labute approximate surface area is 161 Å². The quantitative estimate of drug-likeness (QED) is 0.626. The van der Waals surface area contributed by atoms with Crippen LogP contribution in [0, 0.1) is 13.8 Å². The molecule has 0 saturated carbocycles. The molecule has 0 radical (unpaired) electrons. The van der Waals surface area contributed by atoms with Crippen molar-refractivity contribution in [3.63, 3.8) is 0 Å². The summed E-state index contributed by atoms with van der Waals surface area (Å²) in [6, 6.07) is 9.19. The standard InChI is InChI=1S/C20H21N3O3S/c1-4-5-18(24)21-15-8-6-14(7-9-15)17-11-27-20(22-17)23-19(25)16-10-12(2)26-13(16)3/h6-11H,4-5H2,1-3H3,(H,21,24)(H,22,23,25). The molecule has 2 heterocycles. The van der Waals surface area contributed by atoms with Crippen LogP contribution in [0.1, 0.15) is 41.6 Å². The van der Waals surface area contributed by atoms with Crippen LogP contribution in [0.2, 0.25) is 0 Å². The lowest BCUT2D eigenvalue weighted by Gasteiger charge is -2.05. The maximum atomic E-state index is 12.3. The van der Waals surface area contributed by atoms with E-state index in [9.17, 15) is 9.59 Å². The smallest absolute Gasteiger partial charge is 0.260 e. The van der Waals surface area contributed by atoms with E-state index in [2.05, 4.69) is 15.6 Å². The molecule has 27 heavy (non-hydrogen) atoms. The van der Waals surface area contributed by atoms with Crippen molar-refractivity contribution >= 4 is 34.0 Å². The van der Waals surface area contributed by atoms with Gasteiger partial charge in [-0.2, -0.15) is 0 Å². The molecule has 2 amide bonds. The van der Waals surface area contributed by atoms with Crippen molar-refractivity contribution in [1.82, 2.24) is 4.98 Å². The van der Waals surface area contributed by atoms with Crippen molar-refractivity contribution in [3.8, 4) is 11.3 Å². The van der Waals surface area contributed by atoms with Crippen LogP contribution in [0.25, 0.3) is 11.3 Å². The highest BCUT2D eigenvalue weighted by Crippen LogP contribution is 2.27. The maximum Gasteiger partial charge on any atom is 0.260 e. The number of furan rings is 1. The lowest BCUT2D eigenvalue weighted by Crippen LogP contribution is -2.11. The molecule has 2 N–H and O–H groups in total. The van der Waals surface area contributed by atoms with Gasteiger partial charge in [-0.25, -0.2) is 4.98 Å². The number of anilines is 2. The monoisotopic (exact) mass is 383 g/mol. The number of hydrogen-bond acceptors (Lipinski definition) is 5. The van der Waals surface area contributed by atoms with E-state index in [1.807, 2.05) is 36.6 Å². The minimum Gasteiger partial charge on any atom is -0.466 e. The minimum atomic E-state index is -0.237. The fourth-order valence-electron chi connectivity index (χ4n) is 2.66. The highest BCUT2D eigenvalue weighted by molar-refractivity contribution is 7.14. The molecule has 0 spiro atoms. The van der Waals surface area contributed by atoms with Crippen LogP contribution >= 0.6 is 11.3 Å². The van der Waals surface area contributed by atoms with Gasteiger partial charge < -0.3 is 9.73 Å². The largest absolute Gasteiger partial charge is 0.466 e. The number of nitrogens with zero attached hydrogens (tertiary/aromatic N) is 1. The van der Waals surface area contributed by atoms with Gasteiger partial charge in [0, 0.05) is 23.1 Å². The average molecular weight is 383 g/mol. The van der Waals surface area contributed by atoms with Crippen LogP contribution in [0.3, 0.4) is 0 Å². The second-order valence-electron chi connectivity index (χ2n) is 6.19. The molecule has 7 heteroatoms. The molecule has 1 aromatic carbocycles. The fourth-order valence-corrected chi connectivity index (χ4v) is 3.37. The van der Waals surface area contributed by atoms with E-state index in [0.717, 1.165) is 23.4 Å². The Balaban J connectivity index is 1.67. The van der Waals surface area contributed by atoms with Gasteiger partial charge in [-0.05, 0) is 38.5 Å². The van der Waals surface area contributed by atoms with E-state index in [-0.39, 0.29) is 11.8 Å². The fraction of sp³-hybridized carbons (Fsp3) is 0.250. The Morgan fingerprint density at radius 3 is 2.52 bits per heavy atom. The predicted molar refractivity (Wildman–Crippen MR) is 107 cm³/mol. The van der Waals surface area contributed by atoms with Gasteiger partial charge in [0.05, 0.1) is 11.3 Å². The van der Waals surface area contributed by atoms with Crippen LogP contribution in [0.15, 0.2) is 40.1 Å². The Morgan fingerprint density at radius 1 is 1.15 bits per heavy atom. The normalized spacial score (nSPS) is 10.6. The van der Waals surface area contributed by atoms with Crippen LogP contribution < -0.4 is 10.6 Å². The Hall–Kier alpha value is -2.93. The summed E-state index contributed by atoms with van der Waals surface area (Å²) in [6.07, 6.45) is 1.32. The molecule has 140 valence electrons. The molecule has 6 nitrogen and oxygen atoms in total. The Bertz CT molecular complexity index is 957. The van der Waals surface area contributed by atoms with Gasteiger partial charge in [-0.3, -0.25) is 14.9 Å². The van der Waals surface area contributed by atoms with Crippen molar-refractivity contribution in [3.05, 3.63) is 52.8 Å². The van der Waals surface area contributed by atoms with Gasteiger partial charge in [-0.15, -0.1) is 11.3 Å². The third kappa shape index (κ3) is 4.62. The third-order valence-corrected chi connectivity index (χ3v) is 4.71. The number of carbonyl (C=O) groups is 2. The highest BCUT2D eigenvalue weighted by atomic mass is 32.1. The van der Waals surface area contributed by atoms with Crippen LogP contribution in [-0.4, -0.2) is 16.8 Å².